The molecule has 0 N–H and O–H groups in total. The molecule has 1 aromatic rings. The minimum absolute atomic E-state index is 0.00634. The third kappa shape index (κ3) is 2.34. The van der Waals surface area contributed by atoms with E-state index in [1.807, 2.05) is 17.1 Å². The molecule has 2 saturated heterocycles. The molecular weight excluding hydrogens is 348 g/mol. The van der Waals surface area contributed by atoms with Gasteiger partial charge in [0.05, 0.1) is 36.7 Å². The maximum absolute atomic E-state index is 12.9. The number of aromatic carboxylic acids is 1. The van der Waals surface area contributed by atoms with Crippen molar-refractivity contribution < 1.29 is 24.2 Å². The van der Waals surface area contributed by atoms with Crippen molar-refractivity contribution >= 4 is 29.2 Å². The van der Waals surface area contributed by atoms with Crippen molar-refractivity contribution in [3.05, 3.63) is 35.9 Å². The third-order valence-corrected chi connectivity index (χ3v) is 6.28. The first-order chi connectivity index (χ1) is 13.1. The van der Waals surface area contributed by atoms with E-state index in [-0.39, 0.29) is 41.0 Å². The van der Waals surface area contributed by atoms with E-state index in [1.165, 1.54) is 11.0 Å². The molecule has 4 aliphatic rings. The maximum Gasteiger partial charge on any atom is 0.238 e. The highest BCUT2D eigenvalue weighted by atomic mass is 16.5. The van der Waals surface area contributed by atoms with E-state index in [4.69, 9.17) is 4.74 Å². The average Bonchev–Trinajstić information content (AvgIpc) is 3.36. The number of hydrogen-bond donors (Lipinski definition) is 0. The maximum atomic E-state index is 12.9. The molecule has 1 aromatic carbocycles. The fraction of sp³-hybridized carbons (Fsp3) is 0.450. The number of anilines is 2. The van der Waals surface area contributed by atoms with Crippen molar-refractivity contribution in [2.24, 2.45) is 23.7 Å². The van der Waals surface area contributed by atoms with Crippen LogP contribution in [0.15, 0.2) is 30.4 Å². The van der Waals surface area contributed by atoms with Gasteiger partial charge in [0, 0.05) is 24.3 Å². The van der Waals surface area contributed by atoms with Crippen LogP contribution in [-0.4, -0.2) is 44.1 Å². The Balaban J connectivity index is 1.51. The number of nitrogens with zero attached hydrogens (tertiary/aromatic N) is 2. The zero-order valence-corrected chi connectivity index (χ0v) is 14.7. The van der Waals surface area contributed by atoms with Gasteiger partial charge in [0.25, 0.3) is 0 Å². The molecule has 2 heterocycles. The third-order valence-electron chi connectivity index (χ3n) is 6.28. The van der Waals surface area contributed by atoms with E-state index in [1.54, 1.807) is 12.1 Å². The molecule has 7 heteroatoms. The summed E-state index contributed by atoms with van der Waals surface area (Å²) < 4.78 is 5.31. The minimum Gasteiger partial charge on any atom is -0.545 e. The first-order valence-corrected chi connectivity index (χ1v) is 9.30. The second-order valence-electron chi connectivity index (χ2n) is 7.60. The van der Waals surface area contributed by atoms with Crippen LogP contribution in [0.4, 0.5) is 11.4 Å². The molecule has 0 aromatic heterocycles. The smallest absolute Gasteiger partial charge is 0.238 e. The number of morpholine rings is 1. The molecule has 1 saturated carbocycles. The molecular formula is C20H19N2O5-. The van der Waals surface area contributed by atoms with Gasteiger partial charge in [-0.3, -0.25) is 9.59 Å². The number of carboxylic acids is 1. The lowest BCUT2D eigenvalue weighted by atomic mass is 9.85. The summed E-state index contributed by atoms with van der Waals surface area (Å²) in [7, 11) is 0. The first kappa shape index (κ1) is 16.5. The number of rotatable bonds is 3. The van der Waals surface area contributed by atoms with E-state index in [9.17, 15) is 19.5 Å². The monoisotopic (exact) mass is 367 g/mol. The summed E-state index contributed by atoms with van der Waals surface area (Å²) in [6, 6.07) is 4.71. The Morgan fingerprint density at radius 2 is 1.67 bits per heavy atom. The number of benzene rings is 1. The number of fused-ring (bicyclic) bond motifs is 5. The molecule has 7 nitrogen and oxygen atoms in total. The molecule has 2 bridgehead atoms. The zero-order valence-electron chi connectivity index (χ0n) is 14.7. The lowest BCUT2D eigenvalue weighted by Crippen LogP contribution is -2.38. The Kier molecular flexibility index (Phi) is 3.62. The number of imide groups is 1. The van der Waals surface area contributed by atoms with Crippen LogP contribution in [0.2, 0.25) is 0 Å². The van der Waals surface area contributed by atoms with Gasteiger partial charge in [-0.1, -0.05) is 12.2 Å². The van der Waals surface area contributed by atoms with Gasteiger partial charge < -0.3 is 19.5 Å². The largest absolute Gasteiger partial charge is 0.545 e. The Morgan fingerprint density at radius 3 is 2.26 bits per heavy atom. The molecule has 0 radical (unpaired) electrons. The second-order valence-corrected chi connectivity index (χ2v) is 7.60. The van der Waals surface area contributed by atoms with Crippen LogP contribution in [0.1, 0.15) is 16.8 Å². The Bertz CT molecular complexity index is 843. The standard InChI is InChI=1S/C20H20N2O5/c23-18-16-11-1-2-12(9-11)17(16)19(24)22(18)13-3-4-15(14(10-13)20(25)26)21-5-7-27-8-6-21/h1-4,10-12,16-17H,5-9H2,(H,25,26)/p-1/t11-,12+,16+,17-. The summed E-state index contributed by atoms with van der Waals surface area (Å²) in [5.74, 6) is -2.13. The molecule has 2 amide bonds. The van der Waals surface area contributed by atoms with Gasteiger partial charge in [-0.05, 0) is 36.5 Å². The fourth-order valence-electron chi connectivity index (χ4n) is 5.06. The van der Waals surface area contributed by atoms with Gasteiger partial charge >= 0.3 is 0 Å². The van der Waals surface area contributed by atoms with Crippen LogP contribution in [0.25, 0.3) is 0 Å². The Labute approximate surface area is 156 Å². The van der Waals surface area contributed by atoms with Crippen LogP contribution < -0.4 is 14.9 Å². The van der Waals surface area contributed by atoms with E-state index in [0.29, 0.717) is 37.7 Å². The van der Waals surface area contributed by atoms with Gasteiger partial charge in [0.1, 0.15) is 0 Å². The SMILES string of the molecule is O=C([O-])c1cc(N2C(=O)[C@@H]3[C@H](C2=O)[C@H]2C=C[C@@H]3C2)ccc1N1CCOCC1. The van der Waals surface area contributed by atoms with Crippen molar-refractivity contribution in [3.63, 3.8) is 0 Å². The van der Waals surface area contributed by atoms with Gasteiger partial charge in [-0.25, -0.2) is 4.90 Å². The summed E-state index contributed by atoms with van der Waals surface area (Å²) >= 11 is 0. The number of carboxylic acid groups (broad SMARTS) is 1. The normalized spacial score (nSPS) is 31.7. The fourth-order valence-corrected chi connectivity index (χ4v) is 5.06. The van der Waals surface area contributed by atoms with E-state index in [0.717, 1.165) is 6.42 Å². The molecule has 0 unspecified atom stereocenters. The van der Waals surface area contributed by atoms with E-state index >= 15 is 0 Å². The summed E-state index contributed by atoms with van der Waals surface area (Å²) in [4.78, 5) is 40.7. The number of hydrogen-bond acceptors (Lipinski definition) is 6. The van der Waals surface area contributed by atoms with E-state index in [2.05, 4.69) is 0 Å². The summed E-state index contributed by atoms with van der Waals surface area (Å²) in [5, 5.41) is 11.7. The molecule has 2 aliphatic heterocycles. The average molecular weight is 367 g/mol. The van der Waals surface area contributed by atoms with Crippen molar-refractivity contribution in [2.75, 3.05) is 36.1 Å². The first-order valence-electron chi connectivity index (χ1n) is 9.30. The molecule has 5 rings (SSSR count). The van der Waals surface area contributed by atoms with Crippen LogP contribution in [-0.2, 0) is 14.3 Å². The van der Waals surface area contributed by atoms with Crippen LogP contribution in [0.5, 0.6) is 0 Å². The van der Waals surface area contributed by atoms with Crippen LogP contribution >= 0.6 is 0 Å². The minimum atomic E-state index is -1.32. The predicted molar refractivity (Wildman–Crippen MR) is 94.0 cm³/mol. The molecule has 140 valence electrons. The Morgan fingerprint density at radius 1 is 1.04 bits per heavy atom. The lowest BCUT2D eigenvalue weighted by Gasteiger charge is -2.31. The summed E-state index contributed by atoms with van der Waals surface area (Å²) in [6.45, 7) is 2.22. The van der Waals surface area contributed by atoms with Crippen molar-refractivity contribution in [1.82, 2.24) is 0 Å². The summed E-state index contributed by atoms with van der Waals surface area (Å²) in [6.07, 6.45) is 4.93. The Hall–Kier alpha value is -2.67. The lowest BCUT2D eigenvalue weighted by molar-refractivity contribution is -0.255. The highest BCUT2D eigenvalue weighted by Crippen LogP contribution is 2.53. The molecule has 2 aliphatic carbocycles. The zero-order chi connectivity index (χ0) is 18.7. The van der Waals surface area contributed by atoms with Crippen LogP contribution in [0.3, 0.4) is 0 Å². The molecule has 3 fully saturated rings. The number of carbonyl (C=O) groups excluding carboxylic acids is 3. The van der Waals surface area contributed by atoms with Gasteiger partial charge in [-0.15, -0.1) is 0 Å². The van der Waals surface area contributed by atoms with Crippen molar-refractivity contribution in [2.45, 2.75) is 6.42 Å². The quantitative estimate of drug-likeness (QED) is 0.560. The van der Waals surface area contributed by atoms with Gasteiger partial charge in [0.2, 0.25) is 11.8 Å². The molecule has 0 spiro atoms. The highest BCUT2D eigenvalue weighted by Gasteiger charge is 2.59. The number of ether oxygens (including phenoxy) is 1. The highest BCUT2D eigenvalue weighted by molar-refractivity contribution is 6.23. The molecule has 4 atom stereocenters. The van der Waals surface area contributed by atoms with Crippen molar-refractivity contribution in [1.29, 1.82) is 0 Å². The number of amides is 2. The molecule has 27 heavy (non-hydrogen) atoms. The van der Waals surface area contributed by atoms with Gasteiger partial charge in [-0.2, -0.15) is 0 Å². The summed E-state index contributed by atoms with van der Waals surface area (Å²) in [5.41, 5.74) is 0.839. The number of allylic oxidation sites excluding steroid dienone is 2. The van der Waals surface area contributed by atoms with Gasteiger partial charge in [0.15, 0.2) is 0 Å². The predicted octanol–water partition coefficient (Wildman–Crippen LogP) is 0.198. The van der Waals surface area contributed by atoms with Crippen LogP contribution in [0, 0.1) is 23.7 Å². The van der Waals surface area contributed by atoms with Crippen molar-refractivity contribution in [3.8, 4) is 0 Å². The topological polar surface area (TPSA) is 90.0 Å². The number of carbonyl (C=O) groups is 3. The second kappa shape index (κ2) is 5.92. The van der Waals surface area contributed by atoms with E-state index < -0.39 is 5.97 Å².